The predicted molar refractivity (Wildman–Crippen MR) is 109 cm³/mol. The van der Waals surface area contributed by atoms with E-state index in [1.54, 1.807) is 11.8 Å². The van der Waals surface area contributed by atoms with Crippen molar-refractivity contribution >= 4 is 39.2 Å². The van der Waals surface area contributed by atoms with Crippen LogP contribution in [0.25, 0.3) is 10.2 Å². The first kappa shape index (κ1) is 18.1. The summed E-state index contributed by atoms with van der Waals surface area (Å²) in [6.45, 7) is 5.95. The molecular weight excluding hydrogens is 380 g/mol. The molecule has 4 rings (SSSR count). The SMILES string of the molecule is CCSc1ccccc1C(=O)N=c1sc2cc3c(cc2n1CC)OCCO3. The number of fused-ring (bicyclic) bond motifs is 2. The number of carbonyl (C=O) groups is 1. The molecule has 3 aromatic rings. The van der Waals surface area contributed by atoms with E-state index in [4.69, 9.17) is 9.47 Å². The van der Waals surface area contributed by atoms with Crippen LogP contribution in [0.15, 0.2) is 46.3 Å². The van der Waals surface area contributed by atoms with E-state index in [-0.39, 0.29) is 5.91 Å². The molecule has 1 aliphatic rings. The van der Waals surface area contributed by atoms with E-state index in [2.05, 4.69) is 11.9 Å². The fourth-order valence-corrected chi connectivity index (χ4v) is 4.97. The van der Waals surface area contributed by atoms with Crippen molar-refractivity contribution in [1.29, 1.82) is 0 Å². The van der Waals surface area contributed by atoms with Gasteiger partial charge in [-0.3, -0.25) is 4.79 Å². The van der Waals surface area contributed by atoms with E-state index in [0.717, 1.165) is 38.9 Å². The second-order valence-corrected chi connectivity index (χ2v) is 8.25. The molecule has 27 heavy (non-hydrogen) atoms. The second kappa shape index (κ2) is 7.78. The standard InChI is InChI=1S/C20H20N2O3S2/c1-3-22-14-11-15-16(25-10-9-24-15)12-18(14)27-20(22)21-19(23)13-7-5-6-8-17(13)26-4-2/h5-8,11-12H,3-4,9-10H2,1-2H3. The van der Waals surface area contributed by atoms with Gasteiger partial charge >= 0.3 is 0 Å². The number of thioether (sulfide) groups is 1. The molecule has 0 radical (unpaired) electrons. The number of hydrogen-bond donors (Lipinski definition) is 0. The van der Waals surface area contributed by atoms with Crippen molar-refractivity contribution in [2.75, 3.05) is 19.0 Å². The topological polar surface area (TPSA) is 52.8 Å². The number of carbonyl (C=O) groups excluding carboxylic acids is 1. The van der Waals surface area contributed by atoms with Crippen LogP contribution in [0.3, 0.4) is 0 Å². The molecule has 5 nitrogen and oxygen atoms in total. The molecule has 140 valence electrons. The van der Waals surface area contributed by atoms with E-state index in [1.807, 2.05) is 47.9 Å². The maximum absolute atomic E-state index is 12.9. The highest BCUT2D eigenvalue weighted by molar-refractivity contribution is 7.99. The Bertz CT molecular complexity index is 1070. The number of ether oxygens (including phenoxy) is 2. The Hall–Kier alpha value is -2.25. The molecule has 0 fully saturated rings. The number of thiazole rings is 1. The van der Waals surface area contributed by atoms with Crippen LogP contribution in [-0.4, -0.2) is 29.4 Å². The zero-order valence-electron chi connectivity index (χ0n) is 15.2. The summed E-state index contributed by atoms with van der Waals surface area (Å²) < 4.78 is 14.5. The maximum Gasteiger partial charge on any atom is 0.280 e. The van der Waals surface area contributed by atoms with Crippen molar-refractivity contribution in [1.82, 2.24) is 4.57 Å². The average molecular weight is 401 g/mol. The molecule has 0 aliphatic carbocycles. The molecule has 0 N–H and O–H groups in total. The van der Waals surface area contributed by atoms with Gasteiger partial charge in [0.15, 0.2) is 16.3 Å². The lowest BCUT2D eigenvalue weighted by Gasteiger charge is -2.18. The fourth-order valence-electron chi connectivity index (χ4n) is 3.07. The molecule has 1 amide bonds. The quantitative estimate of drug-likeness (QED) is 0.611. The first-order valence-corrected chi connectivity index (χ1v) is 10.7. The minimum Gasteiger partial charge on any atom is -0.486 e. The Labute approximate surface area is 165 Å². The van der Waals surface area contributed by atoms with Crippen molar-refractivity contribution in [2.45, 2.75) is 25.3 Å². The third-order valence-electron chi connectivity index (χ3n) is 4.28. The highest BCUT2D eigenvalue weighted by Gasteiger charge is 2.17. The van der Waals surface area contributed by atoms with Crippen LogP contribution >= 0.6 is 23.1 Å². The van der Waals surface area contributed by atoms with Gasteiger partial charge in [-0.25, -0.2) is 0 Å². The molecular formula is C20H20N2O3S2. The van der Waals surface area contributed by atoms with Crippen molar-refractivity contribution in [2.24, 2.45) is 4.99 Å². The minimum absolute atomic E-state index is 0.211. The van der Waals surface area contributed by atoms with E-state index in [1.165, 1.54) is 11.3 Å². The molecule has 1 aliphatic heterocycles. The summed E-state index contributed by atoms with van der Waals surface area (Å²) in [6.07, 6.45) is 0. The Morgan fingerprint density at radius 1 is 1.19 bits per heavy atom. The van der Waals surface area contributed by atoms with Crippen molar-refractivity contribution in [3.8, 4) is 11.5 Å². The summed E-state index contributed by atoms with van der Waals surface area (Å²) in [7, 11) is 0. The van der Waals surface area contributed by atoms with Gasteiger partial charge in [0, 0.05) is 23.6 Å². The van der Waals surface area contributed by atoms with E-state index < -0.39 is 0 Å². The molecule has 7 heteroatoms. The van der Waals surface area contributed by atoms with Gasteiger partial charge in [0.2, 0.25) is 0 Å². The van der Waals surface area contributed by atoms with Crippen LogP contribution in [0.5, 0.6) is 11.5 Å². The molecule has 2 aromatic carbocycles. The van der Waals surface area contributed by atoms with Crippen LogP contribution in [0, 0.1) is 0 Å². The number of benzene rings is 2. The lowest BCUT2D eigenvalue weighted by Crippen LogP contribution is -2.17. The largest absolute Gasteiger partial charge is 0.486 e. The lowest BCUT2D eigenvalue weighted by atomic mass is 10.2. The summed E-state index contributed by atoms with van der Waals surface area (Å²) in [6, 6.07) is 11.6. The monoisotopic (exact) mass is 400 g/mol. The Morgan fingerprint density at radius 2 is 1.93 bits per heavy atom. The number of hydrogen-bond acceptors (Lipinski definition) is 5. The zero-order chi connectivity index (χ0) is 18.8. The van der Waals surface area contributed by atoms with Crippen molar-refractivity contribution < 1.29 is 14.3 Å². The van der Waals surface area contributed by atoms with Crippen LogP contribution < -0.4 is 14.3 Å². The van der Waals surface area contributed by atoms with Crippen molar-refractivity contribution in [3.05, 3.63) is 46.8 Å². The van der Waals surface area contributed by atoms with Crippen LogP contribution in [0.1, 0.15) is 24.2 Å². The van der Waals surface area contributed by atoms with Crippen molar-refractivity contribution in [3.63, 3.8) is 0 Å². The summed E-state index contributed by atoms with van der Waals surface area (Å²) in [4.78, 5) is 19.0. The van der Waals surface area contributed by atoms with Crippen LogP contribution in [0.2, 0.25) is 0 Å². The van der Waals surface area contributed by atoms with Crippen LogP contribution in [-0.2, 0) is 6.54 Å². The van der Waals surface area contributed by atoms with Gasteiger partial charge in [-0.05, 0) is 24.8 Å². The minimum atomic E-state index is -0.211. The summed E-state index contributed by atoms with van der Waals surface area (Å²) >= 11 is 3.15. The smallest absolute Gasteiger partial charge is 0.280 e. The number of amides is 1. The normalized spacial score (nSPS) is 13.9. The van der Waals surface area contributed by atoms with Crippen LogP contribution in [0.4, 0.5) is 0 Å². The average Bonchev–Trinajstić information content (AvgIpc) is 3.02. The molecule has 0 unspecified atom stereocenters. The Morgan fingerprint density at radius 3 is 2.67 bits per heavy atom. The maximum atomic E-state index is 12.9. The van der Waals surface area contributed by atoms with E-state index >= 15 is 0 Å². The van der Waals surface area contributed by atoms with Gasteiger partial charge in [-0.1, -0.05) is 30.4 Å². The third kappa shape index (κ3) is 3.49. The molecule has 1 aromatic heterocycles. The van der Waals surface area contributed by atoms with Gasteiger partial charge in [0.05, 0.1) is 15.8 Å². The molecule has 0 saturated heterocycles. The highest BCUT2D eigenvalue weighted by Crippen LogP contribution is 2.35. The first-order chi connectivity index (χ1) is 13.2. The van der Waals surface area contributed by atoms with E-state index in [0.29, 0.717) is 23.6 Å². The first-order valence-electron chi connectivity index (χ1n) is 8.95. The van der Waals surface area contributed by atoms with Gasteiger partial charge in [0.25, 0.3) is 5.91 Å². The summed E-state index contributed by atoms with van der Waals surface area (Å²) in [5, 5.41) is 0. The van der Waals surface area contributed by atoms with E-state index in [9.17, 15) is 4.79 Å². The number of nitrogens with zero attached hydrogens (tertiary/aromatic N) is 2. The van der Waals surface area contributed by atoms with Gasteiger partial charge in [0.1, 0.15) is 13.2 Å². The highest BCUT2D eigenvalue weighted by atomic mass is 32.2. The molecule has 0 saturated carbocycles. The lowest BCUT2D eigenvalue weighted by molar-refractivity contribution is 0.0995. The molecule has 0 bridgehead atoms. The van der Waals surface area contributed by atoms with Gasteiger partial charge in [-0.2, -0.15) is 4.99 Å². The number of aromatic nitrogens is 1. The summed E-state index contributed by atoms with van der Waals surface area (Å²) in [5.41, 5.74) is 1.66. The number of rotatable bonds is 4. The Kier molecular flexibility index (Phi) is 5.22. The Balaban J connectivity index is 1.82. The molecule has 0 spiro atoms. The zero-order valence-corrected chi connectivity index (χ0v) is 16.9. The number of aryl methyl sites for hydroxylation is 1. The molecule has 0 atom stereocenters. The van der Waals surface area contributed by atoms with Gasteiger partial charge < -0.3 is 14.0 Å². The second-order valence-electron chi connectivity index (χ2n) is 5.94. The predicted octanol–water partition coefficient (Wildman–Crippen LogP) is 4.35. The molecule has 2 heterocycles. The third-order valence-corrected chi connectivity index (χ3v) is 6.27. The summed E-state index contributed by atoms with van der Waals surface area (Å²) in [5.74, 6) is 2.20. The van der Waals surface area contributed by atoms with Gasteiger partial charge in [-0.15, -0.1) is 11.8 Å². The fraction of sp³-hybridized carbons (Fsp3) is 0.300.